The van der Waals surface area contributed by atoms with Crippen molar-refractivity contribution in [3.05, 3.63) is 35.9 Å². The maximum atomic E-state index is 12.6. The molecule has 24 heavy (non-hydrogen) atoms. The lowest BCUT2D eigenvalue weighted by molar-refractivity contribution is 0.0582. The zero-order valence-corrected chi connectivity index (χ0v) is 15.2. The number of carbonyl (C=O) groups excluding carboxylic acids is 1. The van der Waals surface area contributed by atoms with Crippen LogP contribution in [0, 0.1) is 5.41 Å². The molecule has 2 fully saturated rings. The van der Waals surface area contributed by atoms with E-state index in [1.807, 2.05) is 35.2 Å². The van der Waals surface area contributed by atoms with Gasteiger partial charge in [-0.3, -0.25) is 9.69 Å². The lowest BCUT2D eigenvalue weighted by Crippen LogP contribution is -2.44. The van der Waals surface area contributed by atoms with Gasteiger partial charge >= 0.3 is 0 Å². The van der Waals surface area contributed by atoms with Crippen LogP contribution in [0.4, 0.5) is 0 Å². The fraction of sp³-hybridized carbons (Fsp3) is 0.650. The highest BCUT2D eigenvalue weighted by Crippen LogP contribution is 2.44. The van der Waals surface area contributed by atoms with Crippen molar-refractivity contribution in [3.63, 3.8) is 0 Å². The lowest BCUT2D eigenvalue weighted by Gasteiger charge is -2.39. The summed E-state index contributed by atoms with van der Waals surface area (Å²) >= 11 is 0. The molecular weight excluding hydrogens is 300 g/mol. The summed E-state index contributed by atoms with van der Waals surface area (Å²) in [6.45, 7) is 8.25. The number of carbonyl (C=O) groups is 1. The van der Waals surface area contributed by atoms with Gasteiger partial charge in [-0.05, 0) is 50.7 Å². The van der Waals surface area contributed by atoms with Crippen LogP contribution in [-0.2, 0) is 4.74 Å². The fourth-order valence-electron chi connectivity index (χ4n) is 4.46. The molecule has 1 spiro atoms. The van der Waals surface area contributed by atoms with Gasteiger partial charge in [-0.1, -0.05) is 18.2 Å². The molecule has 132 valence electrons. The highest BCUT2D eigenvalue weighted by atomic mass is 16.5. The van der Waals surface area contributed by atoms with Crippen molar-refractivity contribution in [2.24, 2.45) is 5.41 Å². The average molecular weight is 330 g/mol. The van der Waals surface area contributed by atoms with Crippen molar-refractivity contribution < 1.29 is 9.53 Å². The van der Waals surface area contributed by atoms with E-state index in [2.05, 4.69) is 18.7 Å². The molecule has 0 saturated carbocycles. The molecule has 1 amide bonds. The number of methoxy groups -OCH3 is 1. The maximum Gasteiger partial charge on any atom is 0.253 e. The lowest BCUT2D eigenvalue weighted by atomic mass is 9.76. The fourth-order valence-corrected chi connectivity index (χ4v) is 4.46. The smallest absolute Gasteiger partial charge is 0.253 e. The largest absolute Gasteiger partial charge is 0.383 e. The van der Waals surface area contributed by atoms with Crippen LogP contribution in [0.3, 0.4) is 0 Å². The van der Waals surface area contributed by atoms with Gasteiger partial charge in [0.2, 0.25) is 0 Å². The van der Waals surface area contributed by atoms with Crippen molar-refractivity contribution in [2.75, 3.05) is 33.4 Å². The molecule has 1 unspecified atom stereocenters. The monoisotopic (exact) mass is 330 g/mol. The molecule has 4 heteroatoms. The molecular formula is C20H30N2O2. The molecule has 2 aliphatic heterocycles. The molecule has 1 aromatic rings. The maximum absolute atomic E-state index is 12.6. The number of rotatable bonds is 4. The van der Waals surface area contributed by atoms with Crippen molar-refractivity contribution in [2.45, 2.75) is 45.2 Å². The minimum atomic E-state index is 0.178. The van der Waals surface area contributed by atoms with Crippen LogP contribution in [0.15, 0.2) is 30.3 Å². The average Bonchev–Trinajstić information content (AvgIpc) is 2.94. The number of hydrogen-bond acceptors (Lipinski definition) is 3. The molecule has 3 rings (SSSR count). The Hall–Kier alpha value is -1.39. The topological polar surface area (TPSA) is 32.8 Å². The van der Waals surface area contributed by atoms with Crippen LogP contribution in [0.25, 0.3) is 0 Å². The third-order valence-electron chi connectivity index (χ3n) is 5.81. The molecule has 1 aromatic carbocycles. The van der Waals surface area contributed by atoms with E-state index in [0.29, 0.717) is 17.5 Å². The summed E-state index contributed by atoms with van der Waals surface area (Å²) in [6.07, 6.45) is 3.41. The summed E-state index contributed by atoms with van der Waals surface area (Å²) in [5.74, 6) is 0.178. The van der Waals surface area contributed by atoms with Gasteiger partial charge in [-0.2, -0.15) is 0 Å². The Labute approximate surface area is 145 Å². The number of benzene rings is 1. The second-order valence-electron chi connectivity index (χ2n) is 7.74. The number of ether oxygens (including phenoxy) is 1. The van der Waals surface area contributed by atoms with Gasteiger partial charge < -0.3 is 9.64 Å². The first-order valence-electron chi connectivity index (χ1n) is 9.14. The van der Waals surface area contributed by atoms with Crippen LogP contribution >= 0.6 is 0 Å². The highest BCUT2D eigenvalue weighted by Gasteiger charge is 2.46. The number of piperidine rings is 1. The van der Waals surface area contributed by atoms with Crippen molar-refractivity contribution in [1.29, 1.82) is 0 Å². The summed E-state index contributed by atoms with van der Waals surface area (Å²) in [4.78, 5) is 17.3. The first kappa shape index (κ1) is 17.4. The highest BCUT2D eigenvalue weighted by molar-refractivity contribution is 5.94. The SMILES string of the molecule is COCC1CC2(CCN(C(=O)c3ccccc3)CC2)CN1C(C)C. The predicted octanol–water partition coefficient (Wildman–Crippen LogP) is 3.04. The summed E-state index contributed by atoms with van der Waals surface area (Å²) in [5.41, 5.74) is 1.17. The molecule has 2 saturated heterocycles. The summed E-state index contributed by atoms with van der Waals surface area (Å²) in [6, 6.07) is 10.7. The molecule has 4 nitrogen and oxygen atoms in total. The number of nitrogens with zero attached hydrogens (tertiary/aromatic N) is 2. The van der Waals surface area contributed by atoms with Gasteiger partial charge in [0.15, 0.2) is 0 Å². The molecule has 0 aromatic heterocycles. The van der Waals surface area contributed by atoms with Crippen molar-refractivity contribution in [3.8, 4) is 0 Å². The number of amides is 1. The number of likely N-dealkylation sites (tertiary alicyclic amines) is 2. The Balaban J connectivity index is 1.63. The number of hydrogen-bond donors (Lipinski definition) is 0. The standard InChI is InChI=1S/C20H30N2O2/c1-16(2)22-15-20(13-18(22)14-24-3)9-11-21(12-10-20)19(23)17-7-5-4-6-8-17/h4-8,16,18H,9-15H2,1-3H3. The molecule has 2 aliphatic rings. The summed E-state index contributed by atoms with van der Waals surface area (Å²) in [5, 5.41) is 0. The Morgan fingerprint density at radius 3 is 2.50 bits per heavy atom. The zero-order chi connectivity index (χ0) is 17.2. The van der Waals surface area contributed by atoms with E-state index in [0.717, 1.165) is 44.6 Å². The molecule has 0 aliphatic carbocycles. The first-order valence-corrected chi connectivity index (χ1v) is 9.14. The molecule has 1 atom stereocenters. The Kier molecular flexibility index (Phi) is 5.26. The van der Waals surface area contributed by atoms with E-state index >= 15 is 0 Å². The minimum Gasteiger partial charge on any atom is -0.383 e. The van der Waals surface area contributed by atoms with E-state index in [9.17, 15) is 4.79 Å². The van der Waals surface area contributed by atoms with Crippen molar-refractivity contribution >= 4 is 5.91 Å². The van der Waals surface area contributed by atoms with E-state index in [1.165, 1.54) is 6.42 Å². The third kappa shape index (κ3) is 3.50. The summed E-state index contributed by atoms with van der Waals surface area (Å²) in [7, 11) is 1.80. The second kappa shape index (κ2) is 7.24. The van der Waals surface area contributed by atoms with Gasteiger partial charge in [-0.15, -0.1) is 0 Å². The normalized spacial score (nSPS) is 24.0. The van der Waals surface area contributed by atoms with Crippen LogP contribution in [0.5, 0.6) is 0 Å². The summed E-state index contributed by atoms with van der Waals surface area (Å²) < 4.78 is 5.45. The molecule has 0 bridgehead atoms. The molecule has 2 heterocycles. The van der Waals surface area contributed by atoms with E-state index in [4.69, 9.17) is 4.74 Å². The Morgan fingerprint density at radius 1 is 1.25 bits per heavy atom. The van der Waals surface area contributed by atoms with Crippen LogP contribution < -0.4 is 0 Å². The van der Waals surface area contributed by atoms with E-state index in [1.54, 1.807) is 7.11 Å². The first-order chi connectivity index (χ1) is 11.5. The van der Waals surface area contributed by atoms with Gasteiger partial charge in [-0.25, -0.2) is 0 Å². The molecule has 0 radical (unpaired) electrons. The van der Waals surface area contributed by atoms with Crippen LogP contribution in [-0.4, -0.2) is 61.1 Å². The van der Waals surface area contributed by atoms with Crippen LogP contribution in [0.1, 0.15) is 43.5 Å². The van der Waals surface area contributed by atoms with Gasteiger partial charge in [0, 0.05) is 44.4 Å². The van der Waals surface area contributed by atoms with Crippen molar-refractivity contribution in [1.82, 2.24) is 9.80 Å². The quantitative estimate of drug-likeness (QED) is 0.851. The van der Waals surface area contributed by atoms with E-state index in [-0.39, 0.29) is 5.91 Å². The third-order valence-corrected chi connectivity index (χ3v) is 5.81. The van der Waals surface area contributed by atoms with Gasteiger partial charge in [0.1, 0.15) is 0 Å². The zero-order valence-electron chi connectivity index (χ0n) is 15.2. The second-order valence-corrected chi connectivity index (χ2v) is 7.74. The van der Waals surface area contributed by atoms with Gasteiger partial charge in [0.05, 0.1) is 6.61 Å². The van der Waals surface area contributed by atoms with E-state index < -0.39 is 0 Å². The van der Waals surface area contributed by atoms with Gasteiger partial charge in [0.25, 0.3) is 5.91 Å². The molecule has 0 N–H and O–H groups in total. The van der Waals surface area contributed by atoms with Crippen LogP contribution in [0.2, 0.25) is 0 Å². The predicted molar refractivity (Wildman–Crippen MR) is 96.1 cm³/mol. The Morgan fingerprint density at radius 2 is 1.92 bits per heavy atom. The minimum absolute atomic E-state index is 0.178. The Bertz CT molecular complexity index is 550.